The van der Waals surface area contributed by atoms with E-state index in [0.29, 0.717) is 5.90 Å². The third kappa shape index (κ3) is 4.82. The minimum Gasteiger partial charge on any atom is -0.439 e. The number of aliphatic imine (C=N–C) groups is 1. The van der Waals surface area contributed by atoms with E-state index in [1.165, 1.54) is 11.1 Å². The summed E-state index contributed by atoms with van der Waals surface area (Å²) in [4.78, 5) is 4.73. The van der Waals surface area contributed by atoms with Gasteiger partial charge in [0.25, 0.3) is 0 Å². The van der Waals surface area contributed by atoms with Crippen molar-refractivity contribution in [3.63, 3.8) is 0 Å². The first-order valence-electron chi connectivity index (χ1n) is 8.24. The van der Waals surface area contributed by atoms with Crippen LogP contribution in [0.5, 0.6) is 5.75 Å². The van der Waals surface area contributed by atoms with Crippen LogP contribution in [0, 0.1) is 6.92 Å². The van der Waals surface area contributed by atoms with Crippen molar-refractivity contribution in [1.29, 1.82) is 0 Å². The van der Waals surface area contributed by atoms with Crippen LogP contribution in [0.1, 0.15) is 38.3 Å². The van der Waals surface area contributed by atoms with Crippen molar-refractivity contribution in [1.82, 2.24) is 0 Å². The molecule has 0 aliphatic heterocycles. The van der Waals surface area contributed by atoms with Crippen molar-refractivity contribution < 1.29 is 4.74 Å². The molecule has 0 amide bonds. The molecule has 0 spiro atoms. The maximum Gasteiger partial charge on any atom is 0.222 e. The van der Waals surface area contributed by atoms with Gasteiger partial charge in [0.15, 0.2) is 0 Å². The summed E-state index contributed by atoms with van der Waals surface area (Å²) in [6.07, 6.45) is 3.98. The fourth-order valence-corrected chi connectivity index (χ4v) is 2.35. The molecule has 2 nitrogen and oxygen atoms in total. The van der Waals surface area contributed by atoms with Gasteiger partial charge in [-0.05, 0) is 62.1 Å². The van der Waals surface area contributed by atoms with Crippen molar-refractivity contribution in [2.24, 2.45) is 4.99 Å². The van der Waals surface area contributed by atoms with Gasteiger partial charge in [-0.2, -0.15) is 0 Å². The zero-order chi connectivity index (χ0) is 16.7. The molecular weight excluding hydrogens is 282 g/mol. The SMILES string of the molecule is CC=C(CC)C(=Nc1ccc(CC)cc1)Oc1cccc(C)c1. The van der Waals surface area contributed by atoms with Crippen molar-refractivity contribution in [2.45, 2.75) is 40.5 Å². The average molecular weight is 307 g/mol. The smallest absolute Gasteiger partial charge is 0.222 e. The molecule has 120 valence electrons. The lowest BCUT2D eigenvalue weighted by Crippen LogP contribution is -2.11. The Labute approximate surface area is 139 Å². The molecule has 0 saturated heterocycles. The van der Waals surface area contributed by atoms with Crippen LogP contribution in [0.25, 0.3) is 0 Å². The molecule has 2 aromatic carbocycles. The molecule has 0 fully saturated rings. The van der Waals surface area contributed by atoms with Gasteiger partial charge in [-0.25, -0.2) is 4.99 Å². The molecule has 0 aliphatic rings. The van der Waals surface area contributed by atoms with Gasteiger partial charge in [0.05, 0.1) is 5.69 Å². The molecule has 0 atom stereocenters. The second-order valence-corrected chi connectivity index (χ2v) is 5.52. The number of hydrogen-bond acceptors (Lipinski definition) is 2. The number of aryl methyl sites for hydroxylation is 2. The first-order valence-corrected chi connectivity index (χ1v) is 8.24. The molecule has 0 saturated carbocycles. The van der Waals surface area contributed by atoms with Gasteiger partial charge in [0.1, 0.15) is 5.75 Å². The van der Waals surface area contributed by atoms with Crippen LogP contribution in [0.3, 0.4) is 0 Å². The number of ether oxygens (including phenoxy) is 1. The van der Waals surface area contributed by atoms with Crippen LogP contribution < -0.4 is 4.74 Å². The quantitative estimate of drug-likeness (QED) is 0.488. The Morgan fingerprint density at radius 3 is 2.39 bits per heavy atom. The second kappa shape index (κ2) is 8.33. The summed E-state index contributed by atoms with van der Waals surface area (Å²) in [5.41, 5.74) is 4.50. The number of benzene rings is 2. The predicted octanol–water partition coefficient (Wildman–Crippen LogP) is 6.02. The Hall–Kier alpha value is -2.35. The van der Waals surface area contributed by atoms with Crippen LogP contribution in [0.4, 0.5) is 5.69 Å². The highest BCUT2D eigenvalue weighted by molar-refractivity contribution is 5.96. The first kappa shape index (κ1) is 17.0. The molecule has 2 aromatic rings. The summed E-state index contributed by atoms with van der Waals surface area (Å²) in [6.45, 7) is 8.35. The molecule has 0 aliphatic carbocycles. The summed E-state index contributed by atoms with van der Waals surface area (Å²) in [6, 6.07) is 16.4. The molecular formula is C21H25NO. The highest BCUT2D eigenvalue weighted by Crippen LogP contribution is 2.20. The Balaban J connectivity index is 2.34. The minimum atomic E-state index is 0.671. The van der Waals surface area contributed by atoms with Crippen molar-refractivity contribution in [3.05, 3.63) is 71.3 Å². The fourth-order valence-electron chi connectivity index (χ4n) is 2.35. The van der Waals surface area contributed by atoms with E-state index in [9.17, 15) is 0 Å². The number of nitrogens with zero attached hydrogens (tertiary/aromatic N) is 1. The van der Waals surface area contributed by atoms with Crippen LogP contribution in [-0.4, -0.2) is 5.90 Å². The van der Waals surface area contributed by atoms with E-state index in [4.69, 9.17) is 9.73 Å². The summed E-state index contributed by atoms with van der Waals surface area (Å²) in [5, 5.41) is 0. The van der Waals surface area contributed by atoms with Gasteiger partial charge in [-0.15, -0.1) is 0 Å². The molecule has 0 radical (unpaired) electrons. The Morgan fingerprint density at radius 1 is 1.09 bits per heavy atom. The molecule has 2 rings (SSSR count). The van der Waals surface area contributed by atoms with Crippen LogP contribution in [0.15, 0.2) is 65.2 Å². The minimum absolute atomic E-state index is 0.671. The Morgan fingerprint density at radius 2 is 1.83 bits per heavy atom. The van der Waals surface area contributed by atoms with Crippen LogP contribution >= 0.6 is 0 Å². The van der Waals surface area contributed by atoms with Gasteiger partial charge < -0.3 is 4.74 Å². The lowest BCUT2D eigenvalue weighted by molar-refractivity contribution is 0.548. The molecule has 23 heavy (non-hydrogen) atoms. The molecule has 0 N–H and O–H groups in total. The topological polar surface area (TPSA) is 21.6 Å². The van der Waals surface area contributed by atoms with Gasteiger partial charge in [-0.1, -0.05) is 44.2 Å². The lowest BCUT2D eigenvalue weighted by Gasteiger charge is -2.12. The maximum absolute atomic E-state index is 6.08. The normalized spacial score (nSPS) is 12.3. The summed E-state index contributed by atoms with van der Waals surface area (Å²) < 4.78 is 6.08. The molecule has 0 unspecified atom stereocenters. The summed E-state index contributed by atoms with van der Waals surface area (Å²) in [5.74, 6) is 1.49. The van der Waals surface area contributed by atoms with Crippen molar-refractivity contribution >= 4 is 11.6 Å². The third-order valence-electron chi connectivity index (χ3n) is 3.78. The Kier molecular flexibility index (Phi) is 6.16. The highest BCUT2D eigenvalue weighted by atomic mass is 16.5. The van der Waals surface area contributed by atoms with E-state index >= 15 is 0 Å². The van der Waals surface area contributed by atoms with E-state index in [2.05, 4.69) is 45.0 Å². The van der Waals surface area contributed by atoms with Crippen LogP contribution in [-0.2, 0) is 6.42 Å². The van der Waals surface area contributed by atoms with Crippen LogP contribution in [0.2, 0.25) is 0 Å². The zero-order valence-electron chi connectivity index (χ0n) is 14.5. The van der Waals surface area contributed by atoms with E-state index in [1.807, 2.05) is 37.3 Å². The number of hydrogen-bond donors (Lipinski definition) is 0. The van der Waals surface area contributed by atoms with E-state index in [-0.39, 0.29) is 0 Å². The largest absolute Gasteiger partial charge is 0.439 e. The number of allylic oxidation sites excluding steroid dienone is 1. The maximum atomic E-state index is 6.08. The Bertz CT molecular complexity index is 696. The second-order valence-electron chi connectivity index (χ2n) is 5.52. The van der Waals surface area contributed by atoms with Crippen molar-refractivity contribution in [3.8, 4) is 5.75 Å². The monoisotopic (exact) mass is 307 g/mol. The standard InChI is InChI=1S/C21H25NO/c1-5-17-11-13-19(14-12-17)22-21(18(6-2)7-3)23-20-10-8-9-16(4)15-20/h6,8-15H,5,7H2,1-4H3. The molecule has 0 aromatic heterocycles. The van der Waals surface area contributed by atoms with Gasteiger partial charge in [-0.3, -0.25) is 0 Å². The molecule has 0 heterocycles. The highest BCUT2D eigenvalue weighted by Gasteiger charge is 2.08. The number of rotatable bonds is 5. The average Bonchev–Trinajstić information content (AvgIpc) is 2.56. The van der Waals surface area contributed by atoms with E-state index in [1.54, 1.807) is 0 Å². The predicted molar refractivity (Wildman–Crippen MR) is 98.8 cm³/mol. The zero-order valence-corrected chi connectivity index (χ0v) is 14.5. The molecule has 0 bridgehead atoms. The van der Waals surface area contributed by atoms with Gasteiger partial charge in [0, 0.05) is 5.57 Å². The third-order valence-corrected chi connectivity index (χ3v) is 3.78. The van der Waals surface area contributed by atoms with Gasteiger partial charge >= 0.3 is 0 Å². The molecule has 2 heteroatoms. The van der Waals surface area contributed by atoms with E-state index < -0.39 is 0 Å². The van der Waals surface area contributed by atoms with Gasteiger partial charge in [0.2, 0.25) is 5.90 Å². The van der Waals surface area contributed by atoms with E-state index in [0.717, 1.165) is 29.9 Å². The van der Waals surface area contributed by atoms with Crippen molar-refractivity contribution in [2.75, 3.05) is 0 Å². The first-order chi connectivity index (χ1) is 11.2. The summed E-state index contributed by atoms with van der Waals surface area (Å²) >= 11 is 0. The fraction of sp³-hybridized carbons (Fsp3) is 0.286. The lowest BCUT2D eigenvalue weighted by atomic mass is 10.1. The summed E-state index contributed by atoms with van der Waals surface area (Å²) in [7, 11) is 0.